The Morgan fingerprint density at radius 1 is 0.682 bits per heavy atom. The van der Waals surface area contributed by atoms with Crippen molar-refractivity contribution in [1.82, 2.24) is 0 Å². The molecule has 0 heterocycles. The topological polar surface area (TPSA) is 0 Å². The Morgan fingerprint density at radius 2 is 1.23 bits per heavy atom. The van der Waals surface area contributed by atoms with Crippen LogP contribution in [0.25, 0.3) is 11.1 Å². The Hall–Kier alpha value is -2.31. The number of aryl methyl sites for hydroxylation is 1. The Bertz CT molecular complexity index is 1740. The first-order valence-electron chi connectivity index (χ1n) is 15.5. The van der Waals surface area contributed by atoms with Crippen LogP contribution in [0.2, 0.25) is 0 Å². The van der Waals surface area contributed by atoms with Gasteiger partial charge in [0.2, 0.25) is 0 Å². The van der Waals surface area contributed by atoms with E-state index in [4.69, 9.17) is 0 Å². The van der Waals surface area contributed by atoms with E-state index in [9.17, 15) is 0 Å². The van der Waals surface area contributed by atoms with Gasteiger partial charge in [0.15, 0.2) is 0 Å². The predicted molar refractivity (Wildman–Crippen MR) is 179 cm³/mol. The normalized spacial score (nSPS) is 13.2. The largest absolute Gasteiger partial charge is 1.00 e. The molecule has 2 aliphatic carbocycles. The fourth-order valence-electron chi connectivity index (χ4n) is 7.28. The molecule has 0 atom stereocenters. The first kappa shape index (κ1) is 34.6. The number of benzene rings is 4. The van der Waals surface area contributed by atoms with Crippen molar-refractivity contribution < 1.29 is 46.1 Å². The maximum atomic E-state index is 2.58. The molecule has 44 heavy (non-hydrogen) atoms. The molecule has 3 heteroatoms. The van der Waals surface area contributed by atoms with Crippen LogP contribution in [-0.4, -0.2) is 3.21 Å². The molecule has 4 aromatic carbocycles. The van der Waals surface area contributed by atoms with Gasteiger partial charge in [-0.25, -0.2) is 0 Å². The average Bonchev–Trinajstić information content (AvgIpc) is 3.59. The molecule has 0 nitrogen and oxygen atoms in total. The number of hydrogen-bond donors (Lipinski definition) is 0. The summed E-state index contributed by atoms with van der Waals surface area (Å²) in [6, 6.07) is 30.2. The molecule has 0 aliphatic heterocycles. The maximum Gasteiger partial charge on any atom is -1.00 e. The molecule has 4 aromatic rings. The fourth-order valence-corrected chi connectivity index (χ4v) is 15.7. The van der Waals surface area contributed by atoms with Gasteiger partial charge in [-0.15, -0.1) is 0 Å². The van der Waals surface area contributed by atoms with E-state index in [1.54, 1.807) is 15.3 Å². The molecule has 0 saturated heterocycles. The van der Waals surface area contributed by atoms with E-state index in [1.165, 1.54) is 50.1 Å². The zero-order valence-electron chi connectivity index (χ0n) is 27.4. The van der Waals surface area contributed by atoms with Gasteiger partial charge in [-0.05, 0) is 0 Å². The van der Waals surface area contributed by atoms with Crippen molar-refractivity contribution >= 4 is 6.48 Å². The van der Waals surface area contributed by atoms with Crippen molar-refractivity contribution in [3.63, 3.8) is 0 Å². The molecule has 0 aromatic heterocycles. The van der Waals surface area contributed by atoms with Crippen LogP contribution in [0.15, 0.2) is 100 Å². The van der Waals surface area contributed by atoms with Crippen molar-refractivity contribution in [2.75, 3.05) is 0 Å². The van der Waals surface area contributed by atoms with Crippen LogP contribution in [0, 0.1) is 13.8 Å². The molecule has 2 aliphatic rings. The zero-order chi connectivity index (χ0) is 29.8. The van der Waals surface area contributed by atoms with Gasteiger partial charge in [0.05, 0.1) is 0 Å². The minimum atomic E-state index is -2.72. The van der Waals surface area contributed by atoms with Crippen LogP contribution in [0.3, 0.4) is 0 Å². The van der Waals surface area contributed by atoms with Crippen LogP contribution in [-0.2, 0) is 38.5 Å². The van der Waals surface area contributed by atoms with Gasteiger partial charge in [-0.2, -0.15) is 0 Å². The quantitative estimate of drug-likeness (QED) is 0.268. The number of rotatable bonds is 4. The maximum absolute atomic E-state index is 2.72. The Morgan fingerprint density at radius 3 is 1.73 bits per heavy atom. The number of fused-ring (bicyclic) bond motifs is 3. The number of halogens is 2. The molecule has 0 radical (unpaired) electrons. The first-order valence-corrected chi connectivity index (χ1v) is 19.2. The van der Waals surface area contributed by atoms with E-state index < -0.39 is 21.3 Å². The third kappa shape index (κ3) is 6.36. The number of allylic oxidation sites excluding steroid dienone is 4. The summed E-state index contributed by atoms with van der Waals surface area (Å²) in [5.41, 5.74) is 15.0. The molecule has 226 valence electrons. The van der Waals surface area contributed by atoms with Crippen LogP contribution in [0.1, 0.15) is 92.5 Å². The third-order valence-corrected chi connectivity index (χ3v) is 17.2. The Labute approximate surface area is 285 Å². The van der Waals surface area contributed by atoms with E-state index in [-0.39, 0.29) is 35.6 Å². The first-order chi connectivity index (χ1) is 19.9. The van der Waals surface area contributed by atoms with Gasteiger partial charge in [0.1, 0.15) is 0 Å². The SMILES string of the molecule is Cc1cc2c(cc1C(C)(C)C)-c1cc(C(C)(C)C)c(C)[c]([Zr+2]([C]3=CC=CC3)=[C](c3ccccc3)c3ccccc3)c1C2.[Cl-].[Cl-]. The Kier molecular flexibility index (Phi) is 10.4. The van der Waals surface area contributed by atoms with Gasteiger partial charge in [-0.1, -0.05) is 0 Å². The second-order valence-corrected chi connectivity index (χ2v) is 20.1. The summed E-state index contributed by atoms with van der Waals surface area (Å²) in [7, 11) is 0. The summed E-state index contributed by atoms with van der Waals surface area (Å²) in [4.78, 5) is 0. The molecule has 0 fully saturated rings. The minimum Gasteiger partial charge on any atom is -1.00 e. The summed E-state index contributed by atoms with van der Waals surface area (Å²) >= 11 is -2.72. The van der Waals surface area contributed by atoms with Crippen LogP contribution in [0.4, 0.5) is 0 Å². The van der Waals surface area contributed by atoms with E-state index in [1.807, 2.05) is 0 Å². The van der Waals surface area contributed by atoms with Crippen LogP contribution in [0.5, 0.6) is 0 Å². The monoisotopic (exact) mass is 696 g/mol. The van der Waals surface area contributed by atoms with E-state index >= 15 is 0 Å². The van der Waals surface area contributed by atoms with Crippen molar-refractivity contribution in [3.05, 3.63) is 145 Å². The smallest absolute Gasteiger partial charge is 1.00 e. The van der Waals surface area contributed by atoms with Gasteiger partial charge in [-0.3, -0.25) is 0 Å². The summed E-state index contributed by atoms with van der Waals surface area (Å²) in [6.07, 6.45) is 9.27. The molecule has 0 unspecified atom stereocenters. The molecule has 0 amide bonds. The zero-order valence-corrected chi connectivity index (χ0v) is 31.4. The predicted octanol–water partition coefficient (Wildman–Crippen LogP) is 3.83. The standard InChI is InChI=1S/C23H29.C13H10.C5H5.2ClH.Zr/c1-14-9-16-11-17-10-15(2)21(23(6,7)8)13-19(17)18(16)12-20(14)22(3,4)5;1-3-7-12(8-4-1)11-13-9-5-2-6-10-13;1-2-4-5-3-1;;;/h9,12-13H,11H2,1-8H3;1-10H;1-3H,4H2;2*1H;/q;;;;;+2/p-2. The Balaban J connectivity index is 0.00000221. The second-order valence-electron chi connectivity index (χ2n) is 14.3. The molecule has 6 rings (SSSR count). The molecule has 0 N–H and O–H groups in total. The van der Waals surface area contributed by atoms with Crippen molar-refractivity contribution in [2.24, 2.45) is 0 Å². The summed E-state index contributed by atoms with van der Waals surface area (Å²) in [5.74, 6) is 0. The van der Waals surface area contributed by atoms with Gasteiger partial charge < -0.3 is 24.8 Å². The summed E-state index contributed by atoms with van der Waals surface area (Å²) in [5, 5.41) is 0. The number of hydrogen-bond acceptors (Lipinski definition) is 0. The van der Waals surface area contributed by atoms with Gasteiger partial charge in [0, 0.05) is 0 Å². The summed E-state index contributed by atoms with van der Waals surface area (Å²) in [6.45, 7) is 19.0. The minimum absolute atomic E-state index is 0. The molecular weight excluding hydrogens is 655 g/mol. The van der Waals surface area contributed by atoms with E-state index in [2.05, 4.69) is 152 Å². The fraction of sp³-hybridized carbons (Fsp3) is 0.293. The third-order valence-electron chi connectivity index (χ3n) is 9.14. The van der Waals surface area contributed by atoms with Crippen molar-refractivity contribution in [1.29, 1.82) is 0 Å². The van der Waals surface area contributed by atoms with Crippen LogP contribution >= 0.6 is 0 Å². The molecule has 0 spiro atoms. The molecule has 0 saturated carbocycles. The second kappa shape index (κ2) is 13.2. The molecular formula is C41H44Cl2Zr. The molecule has 0 bridgehead atoms. The van der Waals surface area contributed by atoms with Crippen molar-refractivity contribution in [3.8, 4) is 11.1 Å². The van der Waals surface area contributed by atoms with E-state index in [0.29, 0.717) is 0 Å². The van der Waals surface area contributed by atoms with Gasteiger partial charge >= 0.3 is 263 Å². The van der Waals surface area contributed by atoms with Crippen molar-refractivity contribution in [2.45, 2.75) is 79.1 Å². The van der Waals surface area contributed by atoms with E-state index in [0.717, 1.165) is 12.8 Å². The van der Waals surface area contributed by atoms with Gasteiger partial charge in [0.25, 0.3) is 0 Å². The summed E-state index contributed by atoms with van der Waals surface area (Å²) < 4.78 is 5.00. The van der Waals surface area contributed by atoms with Crippen LogP contribution < -0.4 is 28.1 Å². The average molecular weight is 699 g/mol.